The van der Waals surface area contributed by atoms with Crippen molar-refractivity contribution in [3.05, 3.63) is 67.0 Å². The lowest BCUT2D eigenvalue weighted by Crippen LogP contribution is -2.19. The number of urea groups is 1. The molecule has 0 radical (unpaired) electrons. The van der Waals surface area contributed by atoms with E-state index < -0.39 is 6.03 Å². The minimum Gasteiger partial charge on any atom is -0.494 e. The molecule has 2 N–H and O–H groups in total. The SMILES string of the molecule is COc1cc(NC(=O)Nc2cnn(Cc3cccnc3)c2)ccc1-n1cnnn1. The summed E-state index contributed by atoms with van der Waals surface area (Å²) < 4.78 is 8.55. The fourth-order valence-corrected chi connectivity index (χ4v) is 2.70. The Kier molecular flexibility index (Phi) is 5.10. The highest BCUT2D eigenvalue weighted by molar-refractivity contribution is 5.99. The Morgan fingerprint density at radius 2 is 2.07 bits per heavy atom. The molecule has 4 aromatic rings. The number of nitrogens with one attached hydrogen (secondary N) is 2. The maximum Gasteiger partial charge on any atom is 0.323 e. The number of anilines is 2. The first-order chi connectivity index (χ1) is 14.2. The number of aromatic nitrogens is 7. The van der Waals surface area contributed by atoms with Gasteiger partial charge in [0, 0.05) is 30.3 Å². The Hall–Kier alpha value is -4.28. The van der Waals surface area contributed by atoms with Crippen molar-refractivity contribution in [3.8, 4) is 11.4 Å². The number of benzene rings is 1. The summed E-state index contributed by atoms with van der Waals surface area (Å²) in [4.78, 5) is 16.4. The highest BCUT2D eigenvalue weighted by Crippen LogP contribution is 2.25. The number of nitrogens with zero attached hydrogens (tertiary/aromatic N) is 7. The van der Waals surface area contributed by atoms with Crippen LogP contribution in [0, 0.1) is 0 Å². The molecule has 11 heteroatoms. The topological polar surface area (TPSA) is 125 Å². The van der Waals surface area contributed by atoms with Gasteiger partial charge in [-0.15, -0.1) is 5.10 Å². The van der Waals surface area contributed by atoms with Crippen molar-refractivity contribution in [1.82, 2.24) is 35.0 Å². The quantitative estimate of drug-likeness (QED) is 0.515. The second kappa shape index (κ2) is 8.17. The molecule has 29 heavy (non-hydrogen) atoms. The van der Waals surface area contributed by atoms with Gasteiger partial charge >= 0.3 is 6.03 Å². The summed E-state index contributed by atoms with van der Waals surface area (Å²) in [5, 5.41) is 20.8. The molecule has 0 atom stereocenters. The lowest BCUT2D eigenvalue weighted by Gasteiger charge is -2.11. The predicted octanol–water partition coefficient (Wildman–Crippen LogP) is 1.95. The Morgan fingerprint density at radius 3 is 2.83 bits per heavy atom. The molecule has 0 aliphatic heterocycles. The third kappa shape index (κ3) is 4.35. The van der Waals surface area contributed by atoms with Crippen LogP contribution >= 0.6 is 0 Å². The Bertz CT molecular complexity index is 1090. The van der Waals surface area contributed by atoms with Crippen LogP contribution in [0.2, 0.25) is 0 Å². The summed E-state index contributed by atoms with van der Waals surface area (Å²) in [5.74, 6) is 0.513. The minimum atomic E-state index is -0.400. The van der Waals surface area contributed by atoms with Gasteiger partial charge in [-0.3, -0.25) is 9.67 Å². The highest BCUT2D eigenvalue weighted by atomic mass is 16.5. The molecule has 11 nitrogen and oxygen atoms in total. The summed E-state index contributed by atoms with van der Waals surface area (Å²) in [6.45, 7) is 0.562. The molecule has 3 heterocycles. The summed E-state index contributed by atoms with van der Waals surface area (Å²) in [6.07, 6.45) is 8.27. The van der Waals surface area contributed by atoms with Crippen LogP contribution < -0.4 is 15.4 Å². The first kappa shape index (κ1) is 18.1. The van der Waals surface area contributed by atoms with Crippen LogP contribution in [0.25, 0.3) is 5.69 Å². The Morgan fingerprint density at radius 1 is 1.17 bits per heavy atom. The second-order valence-electron chi connectivity index (χ2n) is 6.01. The van der Waals surface area contributed by atoms with E-state index in [1.54, 1.807) is 47.7 Å². The zero-order chi connectivity index (χ0) is 20.1. The van der Waals surface area contributed by atoms with Crippen LogP contribution in [0.15, 0.2) is 61.4 Å². The molecule has 0 saturated heterocycles. The van der Waals surface area contributed by atoms with Gasteiger partial charge in [-0.05, 0) is 34.2 Å². The lowest BCUT2D eigenvalue weighted by atomic mass is 10.2. The summed E-state index contributed by atoms with van der Waals surface area (Å²) >= 11 is 0. The van der Waals surface area contributed by atoms with E-state index in [2.05, 4.69) is 36.2 Å². The lowest BCUT2D eigenvalue weighted by molar-refractivity contribution is 0.262. The van der Waals surface area contributed by atoms with Gasteiger partial charge in [0.15, 0.2) is 0 Å². The molecule has 3 aromatic heterocycles. The standard InChI is InChI=1S/C18H17N9O2/c1-29-17-7-14(4-5-16(17)27-12-20-24-25-27)22-18(28)23-15-9-21-26(11-15)10-13-3-2-6-19-8-13/h2-9,11-12H,10H2,1H3,(H2,22,23,28). The van der Waals surface area contributed by atoms with Gasteiger partial charge < -0.3 is 15.4 Å². The molecule has 0 fully saturated rings. The molecule has 0 bridgehead atoms. The normalized spacial score (nSPS) is 10.5. The molecule has 0 saturated carbocycles. The molecule has 0 aliphatic rings. The van der Waals surface area contributed by atoms with Crippen molar-refractivity contribution in [1.29, 1.82) is 0 Å². The van der Waals surface area contributed by atoms with Gasteiger partial charge in [0.05, 0.1) is 25.5 Å². The first-order valence-corrected chi connectivity index (χ1v) is 8.62. The number of carbonyl (C=O) groups is 1. The van der Waals surface area contributed by atoms with E-state index in [-0.39, 0.29) is 0 Å². The Labute approximate surface area is 165 Å². The first-order valence-electron chi connectivity index (χ1n) is 8.62. The van der Waals surface area contributed by atoms with E-state index in [1.165, 1.54) is 18.1 Å². The number of carbonyl (C=O) groups excluding carboxylic acids is 1. The number of methoxy groups -OCH3 is 1. The van der Waals surface area contributed by atoms with Crippen molar-refractivity contribution in [3.63, 3.8) is 0 Å². The third-order valence-corrected chi connectivity index (χ3v) is 3.99. The van der Waals surface area contributed by atoms with Gasteiger partial charge in [0.1, 0.15) is 17.8 Å². The second-order valence-corrected chi connectivity index (χ2v) is 6.01. The largest absolute Gasteiger partial charge is 0.494 e. The summed E-state index contributed by atoms with van der Waals surface area (Å²) in [7, 11) is 1.53. The number of rotatable bonds is 6. The molecule has 0 aliphatic carbocycles. The van der Waals surface area contributed by atoms with Crippen molar-refractivity contribution < 1.29 is 9.53 Å². The average Bonchev–Trinajstić information content (AvgIpc) is 3.41. The predicted molar refractivity (Wildman–Crippen MR) is 104 cm³/mol. The van der Waals surface area contributed by atoms with E-state index in [4.69, 9.17) is 4.74 Å². The summed E-state index contributed by atoms with van der Waals surface area (Å²) in [6, 6.07) is 8.58. The van der Waals surface area contributed by atoms with Crippen molar-refractivity contribution in [2.24, 2.45) is 0 Å². The Balaban J connectivity index is 1.40. The van der Waals surface area contributed by atoms with E-state index in [0.717, 1.165) is 5.56 Å². The fraction of sp³-hybridized carbons (Fsp3) is 0.111. The van der Waals surface area contributed by atoms with Crippen LogP contribution in [-0.4, -0.2) is 48.1 Å². The van der Waals surface area contributed by atoms with E-state index in [0.29, 0.717) is 29.4 Å². The van der Waals surface area contributed by atoms with Gasteiger partial charge in [0.2, 0.25) is 0 Å². The number of tetrazole rings is 1. The van der Waals surface area contributed by atoms with E-state index in [1.807, 2.05) is 12.1 Å². The van der Waals surface area contributed by atoms with Crippen molar-refractivity contribution in [2.45, 2.75) is 6.54 Å². The maximum atomic E-state index is 12.3. The molecule has 4 rings (SSSR count). The molecule has 1 aromatic carbocycles. The zero-order valence-corrected chi connectivity index (χ0v) is 15.4. The average molecular weight is 391 g/mol. The number of ether oxygens (including phenoxy) is 1. The minimum absolute atomic E-state index is 0.400. The van der Waals surface area contributed by atoms with Gasteiger partial charge in [-0.25, -0.2) is 4.79 Å². The summed E-state index contributed by atoms with van der Waals surface area (Å²) in [5.41, 5.74) is 2.80. The number of amides is 2. The molecule has 146 valence electrons. The molecule has 0 unspecified atom stereocenters. The number of pyridine rings is 1. The molecular weight excluding hydrogens is 374 g/mol. The smallest absolute Gasteiger partial charge is 0.323 e. The van der Waals surface area contributed by atoms with Crippen LogP contribution in [0.3, 0.4) is 0 Å². The van der Waals surface area contributed by atoms with Crippen LogP contribution in [-0.2, 0) is 6.54 Å². The number of hydrogen-bond acceptors (Lipinski definition) is 7. The van der Waals surface area contributed by atoms with Crippen molar-refractivity contribution >= 4 is 17.4 Å². The monoisotopic (exact) mass is 391 g/mol. The van der Waals surface area contributed by atoms with Gasteiger partial charge in [0.25, 0.3) is 0 Å². The van der Waals surface area contributed by atoms with Crippen LogP contribution in [0.4, 0.5) is 16.2 Å². The third-order valence-electron chi connectivity index (χ3n) is 3.99. The number of hydrogen-bond donors (Lipinski definition) is 2. The van der Waals surface area contributed by atoms with Crippen molar-refractivity contribution in [2.75, 3.05) is 17.7 Å². The molecule has 0 spiro atoms. The highest BCUT2D eigenvalue weighted by Gasteiger charge is 2.10. The van der Waals surface area contributed by atoms with E-state index in [9.17, 15) is 4.79 Å². The molecule has 2 amide bonds. The van der Waals surface area contributed by atoms with Crippen LogP contribution in [0.1, 0.15) is 5.56 Å². The van der Waals surface area contributed by atoms with Gasteiger partial charge in [-0.2, -0.15) is 9.78 Å². The fourth-order valence-electron chi connectivity index (χ4n) is 2.70. The van der Waals surface area contributed by atoms with E-state index >= 15 is 0 Å². The molecular formula is C18H17N9O2. The van der Waals surface area contributed by atoms with Gasteiger partial charge in [-0.1, -0.05) is 6.07 Å². The maximum absolute atomic E-state index is 12.3. The zero-order valence-electron chi connectivity index (χ0n) is 15.4. The van der Waals surface area contributed by atoms with Crippen LogP contribution in [0.5, 0.6) is 5.75 Å².